The van der Waals surface area contributed by atoms with Crippen molar-refractivity contribution in [2.24, 2.45) is 5.73 Å². The molecule has 0 aromatic heterocycles. The van der Waals surface area contributed by atoms with Gasteiger partial charge in [0.15, 0.2) is 0 Å². The van der Waals surface area contributed by atoms with E-state index in [1.54, 1.807) is 20.0 Å². The van der Waals surface area contributed by atoms with Gasteiger partial charge < -0.3 is 14.9 Å². The fourth-order valence-electron chi connectivity index (χ4n) is 1.22. The second-order valence-electron chi connectivity index (χ2n) is 3.88. The maximum atomic E-state index is 11.8. The Bertz CT molecular complexity index is 221. The van der Waals surface area contributed by atoms with Gasteiger partial charge >= 0.3 is 0 Å². The Balaban J connectivity index is 4.05. The molecule has 0 saturated carbocycles. The second kappa shape index (κ2) is 4.60. The van der Waals surface area contributed by atoms with Crippen molar-refractivity contribution in [3.63, 3.8) is 0 Å². The van der Waals surface area contributed by atoms with Gasteiger partial charge in [0.1, 0.15) is 0 Å². The van der Waals surface area contributed by atoms with Crippen molar-refractivity contribution in [1.82, 2.24) is 0 Å². The van der Waals surface area contributed by atoms with Gasteiger partial charge in [0.2, 0.25) is 0 Å². The van der Waals surface area contributed by atoms with E-state index in [4.69, 9.17) is 5.73 Å². The smallest absolute Gasteiger partial charge is 0.0918 e. The van der Waals surface area contributed by atoms with E-state index in [0.717, 1.165) is 6.42 Å². The molecule has 0 radical (unpaired) electrons. The van der Waals surface area contributed by atoms with Crippen LogP contribution in [0.1, 0.15) is 6.42 Å². The van der Waals surface area contributed by atoms with E-state index in [0.29, 0.717) is 18.6 Å². The van der Waals surface area contributed by atoms with Crippen LogP contribution in [-0.4, -0.2) is 38.6 Å². The molecule has 0 heterocycles. The predicted molar refractivity (Wildman–Crippen MR) is 56.4 cm³/mol. The molecule has 0 aliphatic rings. The minimum atomic E-state index is -2.17. The molecule has 0 aromatic carbocycles. The highest BCUT2D eigenvalue weighted by molar-refractivity contribution is 7.79. The summed E-state index contributed by atoms with van der Waals surface area (Å²) in [6.45, 7) is 5.66. The Hall–Kier alpha value is 0.420. The van der Waals surface area contributed by atoms with E-state index in [1.807, 2.05) is 0 Å². The van der Waals surface area contributed by atoms with Gasteiger partial charge in [-0.3, -0.25) is 0 Å². The van der Waals surface area contributed by atoms with Crippen molar-refractivity contribution in [2.45, 2.75) is 6.42 Å². The summed E-state index contributed by atoms with van der Waals surface area (Å²) in [5.41, 5.74) is 5.31. The van der Waals surface area contributed by atoms with Crippen molar-refractivity contribution < 1.29 is 9.13 Å². The molecule has 2 N–H and O–H groups in total. The molecule has 0 fully saturated rings. The third-order valence-corrected chi connectivity index (χ3v) is 7.86. The lowest BCUT2D eigenvalue weighted by Gasteiger charge is -2.14. The zero-order chi connectivity index (χ0) is 9.83. The Morgan fingerprint density at radius 3 is 2.00 bits per heavy atom. The fraction of sp³-hybridized carbons (Fsp3) is 1.00. The average molecular weight is 211 g/mol. The third kappa shape index (κ3) is 7.09. The highest BCUT2D eigenvalue weighted by atomic mass is 31.2. The minimum absolute atomic E-state index is 0.389. The molecule has 0 aromatic rings. The molecular formula is C7H19NO2P2. The molecule has 0 saturated heterocycles. The molecule has 0 aliphatic carbocycles. The molecule has 0 bridgehead atoms. The Kier molecular flexibility index (Phi) is 4.76. The Morgan fingerprint density at radius 2 is 1.67 bits per heavy atom. The summed E-state index contributed by atoms with van der Waals surface area (Å²) in [5, 5.41) is 0. The monoisotopic (exact) mass is 211 g/mol. The van der Waals surface area contributed by atoms with Gasteiger partial charge in [-0.1, -0.05) is 0 Å². The van der Waals surface area contributed by atoms with Crippen LogP contribution in [-0.2, 0) is 9.13 Å². The van der Waals surface area contributed by atoms with Crippen LogP contribution in [0.3, 0.4) is 0 Å². The number of hydrogen-bond donors (Lipinski definition) is 1. The zero-order valence-corrected chi connectivity index (χ0v) is 9.91. The average Bonchev–Trinajstić information content (AvgIpc) is 1.78. The molecule has 1 atom stereocenters. The molecule has 3 nitrogen and oxygen atoms in total. The normalized spacial score (nSPS) is 17.3. The molecule has 5 heteroatoms. The molecular weight excluding hydrogens is 192 g/mol. The summed E-state index contributed by atoms with van der Waals surface area (Å²) in [4.78, 5) is 0. The van der Waals surface area contributed by atoms with Gasteiger partial charge in [-0.15, -0.1) is 0 Å². The summed E-state index contributed by atoms with van der Waals surface area (Å²) in [6, 6.07) is 0. The van der Waals surface area contributed by atoms with Gasteiger partial charge in [-0.2, -0.15) is 0 Å². The second-order valence-corrected chi connectivity index (χ2v) is 11.2. The highest BCUT2D eigenvalue weighted by Gasteiger charge is 2.21. The van der Waals surface area contributed by atoms with E-state index in [1.165, 1.54) is 0 Å². The highest BCUT2D eigenvalue weighted by Crippen LogP contribution is 2.55. The van der Waals surface area contributed by atoms with Crippen LogP contribution in [0, 0.1) is 0 Å². The minimum Gasteiger partial charge on any atom is -0.330 e. The zero-order valence-electron chi connectivity index (χ0n) is 8.12. The van der Waals surface area contributed by atoms with E-state index in [-0.39, 0.29) is 0 Å². The molecule has 0 aliphatic heterocycles. The van der Waals surface area contributed by atoms with Crippen LogP contribution in [0.5, 0.6) is 0 Å². The number of rotatable bonds is 5. The van der Waals surface area contributed by atoms with Crippen LogP contribution in [0.4, 0.5) is 0 Å². The largest absolute Gasteiger partial charge is 0.330 e. The Labute approximate surface area is 74.8 Å². The van der Waals surface area contributed by atoms with Gasteiger partial charge in [-0.25, -0.2) is 0 Å². The summed E-state index contributed by atoms with van der Waals surface area (Å²) < 4.78 is 23.2. The van der Waals surface area contributed by atoms with Gasteiger partial charge in [0.05, 0.1) is 20.2 Å². The molecule has 74 valence electrons. The lowest BCUT2D eigenvalue weighted by atomic mass is 10.5. The molecule has 1 unspecified atom stereocenters. The van der Waals surface area contributed by atoms with Crippen LogP contribution >= 0.6 is 14.3 Å². The van der Waals surface area contributed by atoms with E-state index < -0.39 is 14.3 Å². The van der Waals surface area contributed by atoms with E-state index in [2.05, 4.69) is 0 Å². The standard InChI is InChI=1S/C7H19NO2P2/c1-11(2,9)7-12(3,10)6-4-5-8/h4-8H2,1-3H3. The first-order valence-corrected chi connectivity index (χ1v) is 9.37. The van der Waals surface area contributed by atoms with Crippen molar-refractivity contribution in [1.29, 1.82) is 0 Å². The van der Waals surface area contributed by atoms with Gasteiger partial charge in [0.25, 0.3) is 0 Å². The van der Waals surface area contributed by atoms with E-state index >= 15 is 0 Å². The first kappa shape index (κ1) is 12.4. The maximum Gasteiger partial charge on any atom is 0.0918 e. The van der Waals surface area contributed by atoms with Crippen LogP contribution in [0.25, 0.3) is 0 Å². The molecule has 0 spiro atoms. The topological polar surface area (TPSA) is 60.2 Å². The van der Waals surface area contributed by atoms with Crippen LogP contribution in [0.15, 0.2) is 0 Å². The quantitative estimate of drug-likeness (QED) is 0.706. The van der Waals surface area contributed by atoms with Crippen molar-refractivity contribution in [2.75, 3.05) is 38.6 Å². The summed E-state index contributed by atoms with van der Waals surface area (Å²) in [6.07, 6.45) is 1.41. The van der Waals surface area contributed by atoms with Gasteiger partial charge in [-0.05, 0) is 33.0 Å². The van der Waals surface area contributed by atoms with Crippen molar-refractivity contribution in [3.05, 3.63) is 0 Å². The van der Waals surface area contributed by atoms with E-state index in [9.17, 15) is 9.13 Å². The predicted octanol–water partition coefficient (Wildman–Crippen LogP) is 1.91. The van der Waals surface area contributed by atoms with Crippen molar-refractivity contribution in [3.8, 4) is 0 Å². The lowest BCUT2D eigenvalue weighted by Crippen LogP contribution is -2.03. The van der Waals surface area contributed by atoms with Crippen LogP contribution in [0.2, 0.25) is 0 Å². The van der Waals surface area contributed by atoms with Gasteiger partial charge in [0, 0.05) is 6.16 Å². The number of hydrogen-bond acceptors (Lipinski definition) is 3. The third-order valence-electron chi connectivity index (χ3n) is 1.47. The lowest BCUT2D eigenvalue weighted by molar-refractivity contribution is 0.574. The molecule has 0 rings (SSSR count). The van der Waals surface area contributed by atoms with Crippen molar-refractivity contribution >= 4 is 14.3 Å². The maximum absolute atomic E-state index is 11.8. The number of nitrogens with two attached hydrogens (primary N) is 1. The summed E-state index contributed by atoms with van der Waals surface area (Å²) >= 11 is 0. The summed E-state index contributed by atoms with van der Waals surface area (Å²) in [5.74, 6) is 0.389. The first-order chi connectivity index (χ1) is 5.27. The summed E-state index contributed by atoms with van der Waals surface area (Å²) in [7, 11) is -4.31. The molecule has 12 heavy (non-hydrogen) atoms. The van der Waals surface area contributed by atoms with Crippen LogP contribution < -0.4 is 5.73 Å². The first-order valence-electron chi connectivity index (χ1n) is 4.06. The molecule has 0 amide bonds. The SMILES string of the molecule is CP(C)(=O)CP(C)(=O)CCCN. The Morgan fingerprint density at radius 1 is 1.17 bits per heavy atom. The fourth-order valence-corrected chi connectivity index (χ4v) is 8.40.